The second kappa shape index (κ2) is 13.9. The van der Waals surface area contributed by atoms with Crippen LogP contribution in [0.4, 0.5) is 10.5 Å². The summed E-state index contributed by atoms with van der Waals surface area (Å²) in [5.41, 5.74) is 12.0. The van der Waals surface area contributed by atoms with Crippen LogP contribution in [-0.2, 0) is 14.4 Å². The highest BCUT2D eigenvalue weighted by Gasteiger charge is 2.28. The van der Waals surface area contributed by atoms with E-state index in [1.807, 2.05) is 20.9 Å². The minimum Gasteiger partial charge on any atom is -0.378 e. The predicted molar refractivity (Wildman–Crippen MR) is 137 cm³/mol. The predicted octanol–water partition coefficient (Wildman–Crippen LogP) is 0.440. The molecule has 11 nitrogen and oxygen atoms in total. The van der Waals surface area contributed by atoms with Crippen molar-refractivity contribution >= 4 is 29.3 Å². The van der Waals surface area contributed by atoms with Gasteiger partial charge in [0.15, 0.2) is 11.9 Å². The van der Waals surface area contributed by atoms with Crippen LogP contribution in [-0.4, -0.2) is 84.3 Å². The number of urea groups is 1. The van der Waals surface area contributed by atoms with Gasteiger partial charge in [0, 0.05) is 50.7 Å². The van der Waals surface area contributed by atoms with Crippen LogP contribution < -0.4 is 22.1 Å². The molecule has 1 saturated heterocycles. The molecule has 3 atom stereocenters. The van der Waals surface area contributed by atoms with E-state index in [2.05, 4.69) is 15.5 Å². The first kappa shape index (κ1) is 29.2. The van der Waals surface area contributed by atoms with Crippen molar-refractivity contribution < 1.29 is 24.3 Å². The van der Waals surface area contributed by atoms with Gasteiger partial charge < -0.3 is 37.0 Å². The summed E-state index contributed by atoms with van der Waals surface area (Å²) in [6, 6.07) is 5.10. The van der Waals surface area contributed by atoms with Crippen LogP contribution in [0, 0.1) is 11.8 Å². The highest BCUT2D eigenvalue weighted by Crippen LogP contribution is 2.21. The number of ketones is 1. The van der Waals surface area contributed by atoms with Gasteiger partial charge in [0.1, 0.15) is 0 Å². The highest BCUT2D eigenvalue weighted by molar-refractivity contribution is 5.96. The first-order chi connectivity index (χ1) is 17.0. The monoisotopic (exact) mass is 504 g/mol. The number of benzene rings is 1. The Morgan fingerprint density at radius 2 is 1.67 bits per heavy atom. The summed E-state index contributed by atoms with van der Waals surface area (Å²) in [7, 11) is 1.99. The lowest BCUT2D eigenvalue weighted by Crippen LogP contribution is -2.48. The third-order valence-corrected chi connectivity index (χ3v) is 6.48. The molecule has 2 rings (SSSR count). The molecule has 11 heteroatoms. The van der Waals surface area contributed by atoms with E-state index in [4.69, 9.17) is 11.5 Å². The van der Waals surface area contributed by atoms with Crippen LogP contribution in [0.15, 0.2) is 24.3 Å². The largest absolute Gasteiger partial charge is 0.378 e. The minimum atomic E-state index is -1.28. The maximum Gasteiger partial charge on any atom is 0.312 e. The van der Waals surface area contributed by atoms with Crippen LogP contribution in [0.25, 0.3) is 0 Å². The Labute approximate surface area is 212 Å². The summed E-state index contributed by atoms with van der Waals surface area (Å²) in [6.07, 6.45) is -0.472. The smallest absolute Gasteiger partial charge is 0.312 e. The molecular weight excluding hydrogens is 464 g/mol. The number of primary amides is 1. The zero-order valence-corrected chi connectivity index (χ0v) is 21.4. The Morgan fingerprint density at radius 3 is 2.22 bits per heavy atom. The average molecular weight is 505 g/mol. The molecule has 0 bridgehead atoms. The number of carbonyl (C=O) groups is 4. The summed E-state index contributed by atoms with van der Waals surface area (Å²) >= 11 is 0. The van der Waals surface area contributed by atoms with Gasteiger partial charge in [-0.15, -0.1) is 0 Å². The third kappa shape index (κ3) is 8.89. The molecule has 0 spiro atoms. The van der Waals surface area contributed by atoms with Crippen molar-refractivity contribution in [3.63, 3.8) is 0 Å². The number of aliphatic hydroxyl groups excluding tert-OH is 1. The van der Waals surface area contributed by atoms with E-state index in [-0.39, 0.29) is 36.5 Å². The summed E-state index contributed by atoms with van der Waals surface area (Å²) in [5, 5.41) is 15.8. The minimum absolute atomic E-state index is 0.0158. The lowest BCUT2D eigenvalue weighted by molar-refractivity contribution is -0.142. The quantitative estimate of drug-likeness (QED) is 0.257. The number of piperazine rings is 1. The van der Waals surface area contributed by atoms with Crippen LogP contribution in [0.2, 0.25) is 0 Å². The van der Waals surface area contributed by atoms with Gasteiger partial charge in [0.2, 0.25) is 5.91 Å². The SMILES string of the molecule is CC(C)[C@H](N)C(=O)C[C@@H](CCCNC(N)=O)C(=O)Nc1ccc(C(O)C(=O)N2CCN(C)CC2)cc1. The highest BCUT2D eigenvalue weighted by atomic mass is 16.3. The molecule has 1 aromatic rings. The molecule has 7 N–H and O–H groups in total. The molecule has 0 aromatic heterocycles. The molecule has 0 aliphatic carbocycles. The number of aliphatic hydroxyl groups is 1. The summed E-state index contributed by atoms with van der Waals surface area (Å²) in [4.78, 5) is 52.9. The molecular formula is C25H40N6O5. The molecule has 200 valence electrons. The van der Waals surface area contributed by atoms with Crippen LogP contribution in [0.5, 0.6) is 0 Å². The van der Waals surface area contributed by atoms with Gasteiger partial charge in [0.05, 0.1) is 6.04 Å². The molecule has 1 aliphatic rings. The fraction of sp³-hybridized carbons (Fsp3) is 0.600. The topological polar surface area (TPSA) is 171 Å². The van der Waals surface area contributed by atoms with E-state index < -0.39 is 24.1 Å². The molecule has 0 saturated carbocycles. The van der Waals surface area contributed by atoms with E-state index in [0.29, 0.717) is 37.2 Å². The number of amides is 4. The Balaban J connectivity index is 2.01. The molecule has 0 radical (unpaired) electrons. The molecule has 1 fully saturated rings. The first-order valence-corrected chi connectivity index (χ1v) is 12.4. The van der Waals surface area contributed by atoms with Gasteiger partial charge in [-0.1, -0.05) is 26.0 Å². The van der Waals surface area contributed by atoms with Crippen LogP contribution in [0.3, 0.4) is 0 Å². The average Bonchev–Trinajstić information content (AvgIpc) is 2.85. The maximum absolute atomic E-state index is 13.0. The number of hydrogen-bond donors (Lipinski definition) is 5. The van der Waals surface area contributed by atoms with Crippen LogP contribution >= 0.6 is 0 Å². The lowest BCUT2D eigenvalue weighted by Gasteiger charge is -2.33. The lowest BCUT2D eigenvalue weighted by atomic mass is 9.90. The van der Waals surface area contributed by atoms with Gasteiger partial charge in [0.25, 0.3) is 5.91 Å². The molecule has 4 amide bonds. The Bertz CT molecular complexity index is 899. The number of likely N-dealkylation sites (N-methyl/N-ethyl adjacent to an activating group) is 1. The third-order valence-electron chi connectivity index (χ3n) is 6.48. The van der Waals surface area contributed by atoms with Gasteiger partial charge in [-0.3, -0.25) is 14.4 Å². The zero-order valence-electron chi connectivity index (χ0n) is 21.4. The zero-order chi connectivity index (χ0) is 26.8. The normalized spacial score (nSPS) is 16.8. The molecule has 1 aliphatic heterocycles. The summed E-state index contributed by atoms with van der Waals surface area (Å²) in [6.45, 7) is 6.63. The van der Waals surface area contributed by atoms with E-state index >= 15 is 0 Å². The summed E-state index contributed by atoms with van der Waals surface area (Å²) in [5.74, 6) is -1.58. The maximum atomic E-state index is 13.0. The second-order valence-corrected chi connectivity index (χ2v) is 9.71. The van der Waals surface area contributed by atoms with Crippen molar-refractivity contribution in [2.45, 2.75) is 45.3 Å². The van der Waals surface area contributed by atoms with Gasteiger partial charge in [-0.25, -0.2) is 4.79 Å². The fourth-order valence-electron chi connectivity index (χ4n) is 3.97. The van der Waals surface area contributed by atoms with Crippen molar-refractivity contribution in [1.29, 1.82) is 0 Å². The molecule has 1 aromatic carbocycles. The van der Waals surface area contributed by atoms with Crippen molar-refractivity contribution in [3.05, 3.63) is 29.8 Å². The van der Waals surface area contributed by atoms with Crippen molar-refractivity contribution in [1.82, 2.24) is 15.1 Å². The number of hydrogen-bond acceptors (Lipinski definition) is 7. The second-order valence-electron chi connectivity index (χ2n) is 9.71. The number of anilines is 1. The van der Waals surface area contributed by atoms with Gasteiger partial charge in [-0.05, 0) is 43.5 Å². The van der Waals surface area contributed by atoms with Gasteiger partial charge >= 0.3 is 6.03 Å². The number of Topliss-reactive ketones (excluding diaryl/α,β-unsaturated/α-hetero) is 1. The number of nitrogens with zero attached hydrogens (tertiary/aromatic N) is 2. The number of nitrogens with one attached hydrogen (secondary N) is 2. The molecule has 1 unspecified atom stereocenters. The standard InChI is InChI=1S/C25H40N6O5/c1-16(2)21(26)20(32)15-18(5-4-10-28-25(27)36)23(34)29-19-8-6-17(7-9-19)22(33)24(35)31-13-11-30(3)12-14-31/h6-9,16,18,21-22,33H,4-5,10-15,26H2,1-3H3,(H,29,34)(H3,27,28,36)/t18-,21+,22?/m1/s1. The number of carbonyl (C=O) groups excluding carboxylic acids is 4. The number of rotatable bonds is 12. The first-order valence-electron chi connectivity index (χ1n) is 12.4. The number of nitrogens with two attached hydrogens (primary N) is 2. The van der Waals surface area contributed by atoms with Crippen molar-refractivity contribution in [2.24, 2.45) is 23.3 Å². The van der Waals surface area contributed by atoms with Crippen LogP contribution in [0.1, 0.15) is 44.8 Å². The van der Waals surface area contributed by atoms with E-state index in [9.17, 15) is 24.3 Å². The van der Waals surface area contributed by atoms with E-state index in [1.54, 1.807) is 29.2 Å². The fourth-order valence-corrected chi connectivity index (χ4v) is 3.97. The van der Waals surface area contributed by atoms with E-state index in [1.165, 1.54) is 0 Å². The van der Waals surface area contributed by atoms with Gasteiger partial charge in [-0.2, -0.15) is 0 Å². The summed E-state index contributed by atoms with van der Waals surface area (Å²) < 4.78 is 0. The van der Waals surface area contributed by atoms with Crippen molar-refractivity contribution in [2.75, 3.05) is 45.1 Å². The Kier molecular flexibility index (Phi) is 11.3. The van der Waals surface area contributed by atoms with E-state index in [0.717, 1.165) is 13.1 Å². The Morgan fingerprint density at radius 1 is 1.06 bits per heavy atom. The van der Waals surface area contributed by atoms with Crippen molar-refractivity contribution in [3.8, 4) is 0 Å². The molecule has 36 heavy (non-hydrogen) atoms. The Hall–Kier alpha value is -3.02. The molecule has 1 heterocycles.